The highest BCUT2D eigenvalue weighted by molar-refractivity contribution is 7.89. The number of carbonyl (C=O) groups excluding carboxylic acids is 1. The number of carbonyl (C=O) groups is 1. The van der Waals surface area contributed by atoms with Crippen LogP contribution in [-0.4, -0.2) is 47.5 Å². The molecule has 146 valence electrons. The summed E-state index contributed by atoms with van der Waals surface area (Å²) in [5.41, 5.74) is 0.896. The Hall–Kier alpha value is -2.75. The molecule has 1 N–H and O–H groups in total. The minimum atomic E-state index is -3.67. The van der Waals surface area contributed by atoms with Crippen molar-refractivity contribution in [3.63, 3.8) is 0 Å². The first kappa shape index (κ1) is 20.0. The normalized spacial score (nSPS) is 11.6. The molecule has 0 fully saturated rings. The van der Waals surface area contributed by atoms with Gasteiger partial charge in [-0.2, -0.15) is 5.10 Å². The predicted octanol–water partition coefficient (Wildman–Crippen LogP) is 2.10. The lowest BCUT2D eigenvalue weighted by Gasteiger charge is -2.13. The molecule has 0 aliphatic rings. The Morgan fingerprint density at radius 2 is 2.00 bits per heavy atom. The number of halogens is 1. The SMILES string of the molecule is CN(C)S(=O)(=O)c1ccc(Cl)c(C(=O)NCc2ccnc(-n3cccn3)c2)c1. The van der Waals surface area contributed by atoms with Crippen molar-refractivity contribution in [3.05, 3.63) is 71.1 Å². The van der Waals surface area contributed by atoms with Crippen LogP contribution in [0.25, 0.3) is 5.82 Å². The van der Waals surface area contributed by atoms with Crippen LogP contribution in [0.4, 0.5) is 0 Å². The molecule has 8 nitrogen and oxygen atoms in total. The molecule has 3 aromatic rings. The van der Waals surface area contributed by atoms with E-state index in [0.29, 0.717) is 5.82 Å². The summed E-state index contributed by atoms with van der Waals surface area (Å²) in [6.45, 7) is 0.219. The fourth-order valence-corrected chi connectivity index (χ4v) is 3.56. The third-order valence-electron chi connectivity index (χ3n) is 3.96. The number of hydrogen-bond acceptors (Lipinski definition) is 5. The van der Waals surface area contributed by atoms with Gasteiger partial charge in [0.05, 0.1) is 15.5 Å². The molecule has 0 saturated heterocycles. The smallest absolute Gasteiger partial charge is 0.253 e. The number of amides is 1. The van der Waals surface area contributed by atoms with Gasteiger partial charge in [0.25, 0.3) is 5.91 Å². The Balaban J connectivity index is 1.78. The highest BCUT2D eigenvalue weighted by atomic mass is 35.5. The lowest BCUT2D eigenvalue weighted by Crippen LogP contribution is -2.25. The molecule has 10 heteroatoms. The maximum Gasteiger partial charge on any atom is 0.253 e. The minimum absolute atomic E-state index is 0.00284. The molecule has 0 spiro atoms. The first-order chi connectivity index (χ1) is 13.3. The Bertz CT molecular complexity index is 1100. The largest absolute Gasteiger partial charge is 0.348 e. The van der Waals surface area contributed by atoms with Gasteiger partial charge in [-0.1, -0.05) is 11.6 Å². The zero-order valence-corrected chi connectivity index (χ0v) is 16.8. The van der Waals surface area contributed by atoms with Crippen LogP contribution in [0.1, 0.15) is 15.9 Å². The molecule has 0 atom stereocenters. The summed E-state index contributed by atoms with van der Waals surface area (Å²) in [6, 6.07) is 9.38. The molecule has 0 aliphatic heterocycles. The van der Waals surface area contributed by atoms with Crippen LogP contribution in [0.3, 0.4) is 0 Å². The summed E-state index contributed by atoms with van der Waals surface area (Å²) in [5.74, 6) is 0.145. The Morgan fingerprint density at radius 1 is 1.21 bits per heavy atom. The van der Waals surface area contributed by atoms with Crippen LogP contribution < -0.4 is 5.32 Å². The van der Waals surface area contributed by atoms with Gasteiger partial charge < -0.3 is 5.32 Å². The van der Waals surface area contributed by atoms with E-state index in [2.05, 4.69) is 15.4 Å². The maximum atomic E-state index is 12.6. The Labute approximate surface area is 167 Å². The van der Waals surface area contributed by atoms with E-state index in [1.807, 2.05) is 0 Å². The van der Waals surface area contributed by atoms with E-state index in [1.54, 1.807) is 41.5 Å². The topological polar surface area (TPSA) is 97.2 Å². The number of aromatic nitrogens is 3. The van der Waals surface area contributed by atoms with Gasteiger partial charge in [-0.25, -0.2) is 22.4 Å². The molecule has 0 radical (unpaired) electrons. The van der Waals surface area contributed by atoms with Crippen LogP contribution in [0.2, 0.25) is 5.02 Å². The molecule has 0 aliphatic carbocycles. The molecule has 0 unspecified atom stereocenters. The number of rotatable bonds is 6. The molecule has 2 heterocycles. The highest BCUT2D eigenvalue weighted by Gasteiger charge is 2.20. The molecule has 28 heavy (non-hydrogen) atoms. The van der Waals surface area contributed by atoms with E-state index in [4.69, 9.17) is 11.6 Å². The summed E-state index contributed by atoms with van der Waals surface area (Å²) in [7, 11) is -0.829. The van der Waals surface area contributed by atoms with Gasteiger partial charge >= 0.3 is 0 Å². The van der Waals surface area contributed by atoms with Crippen LogP contribution in [-0.2, 0) is 16.6 Å². The second kappa shape index (κ2) is 8.09. The fraction of sp³-hybridized carbons (Fsp3) is 0.167. The number of sulfonamides is 1. The first-order valence-electron chi connectivity index (χ1n) is 8.24. The van der Waals surface area contributed by atoms with Crippen molar-refractivity contribution in [3.8, 4) is 5.82 Å². The maximum absolute atomic E-state index is 12.6. The van der Waals surface area contributed by atoms with Gasteiger partial charge in [-0.05, 0) is 42.0 Å². The average molecular weight is 420 g/mol. The first-order valence-corrected chi connectivity index (χ1v) is 10.1. The number of hydrogen-bond donors (Lipinski definition) is 1. The lowest BCUT2D eigenvalue weighted by molar-refractivity contribution is 0.0951. The second-order valence-corrected chi connectivity index (χ2v) is 8.64. The number of benzene rings is 1. The second-order valence-electron chi connectivity index (χ2n) is 6.08. The van der Waals surface area contributed by atoms with Crippen molar-refractivity contribution in [2.24, 2.45) is 0 Å². The van der Waals surface area contributed by atoms with Crippen molar-refractivity contribution in [2.45, 2.75) is 11.4 Å². The standard InChI is InChI=1S/C18H18ClN5O3S/c1-23(2)28(26,27)14-4-5-16(19)15(11-14)18(25)21-12-13-6-8-20-17(10-13)24-9-3-7-22-24/h3-11H,12H2,1-2H3,(H,21,25). The van der Waals surface area contributed by atoms with Gasteiger partial charge in [0.1, 0.15) is 0 Å². The van der Waals surface area contributed by atoms with Crippen LogP contribution in [0.5, 0.6) is 0 Å². The molecule has 1 aromatic carbocycles. The van der Waals surface area contributed by atoms with Crippen LogP contribution in [0.15, 0.2) is 59.9 Å². The molecular weight excluding hydrogens is 402 g/mol. The number of nitrogens with zero attached hydrogens (tertiary/aromatic N) is 4. The summed E-state index contributed by atoms with van der Waals surface area (Å²) in [4.78, 5) is 16.8. The third kappa shape index (κ3) is 4.22. The van der Waals surface area contributed by atoms with Gasteiger partial charge in [-0.3, -0.25) is 4.79 Å². The van der Waals surface area contributed by atoms with E-state index < -0.39 is 15.9 Å². The van der Waals surface area contributed by atoms with E-state index >= 15 is 0 Å². The molecule has 0 saturated carbocycles. The Kier molecular flexibility index (Phi) is 5.78. The summed E-state index contributed by atoms with van der Waals surface area (Å²) in [5, 5.41) is 7.03. The van der Waals surface area contributed by atoms with Gasteiger partial charge in [0.15, 0.2) is 5.82 Å². The zero-order chi connectivity index (χ0) is 20.3. The quantitative estimate of drug-likeness (QED) is 0.659. The van der Waals surface area contributed by atoms with E-state index in [0.717, 1.165) is 9.87 Å². The van der Waals surface area contributed by atoms with Gasteiger partial charge in [0, 0.05) is 39.2 Å². The third-order valence-corrected chi connectivity index (χ3v) is 6.10. The molecule has 0 bridgehead atoms. The lowest BCUT2D eigenvalue weighted by atomic mass is 10.2. The number of pyridine rings is 1. The van der Waals surface area contributed by atoms with Gasteiger partial charge in [0.2, 0.25) is 10.0 Å². The van der Waals surface area contributed by atoms with E-state index in [-0.39, 0.29) is 22.0 Å². The van der Waals surface area contributed by atoms with Crippen LogP contribution in [0, 0.1) is 0 Å². The number of nitrogens with one attached hydrogen (secondary N) is 1. The van der Waals surface area contributed by atoms with Crippen molar-refractivity contribution in [2.75, 3.05) is 14.1 Å². The summed E-state index contributed by atoms with van der Waals surface area (Å²) >= 11 is 6.10. The van der Waals surface area contributed by atoms with E-state index in [1.165, 1.54) is 32.3 Å². The summed E-state index contributed by atoms with van der Waals surface area (Å²) in [6.07, 6.45) is 5.03. The van der Waals surface area contributed by atoms with Crippen molar-refractivity contribution >= 4 is 27.5 Å². The van der Waals surface area contributed by atoms with Crippen LogP contribution >= 0.6 is 11.6 Å². The molecular formula is C18H18ClN5O3S. The molecule has 2 aromatic heterocycles. The zero-order valence-electron chi connectivity index (χ0n) is 15.2. The monoisotopic (exact) mass is 419 g/mol. The fourth-order valence-electron chi connectivity index (χ4n) is 2.43. The van der Waals surface area contributed by atoms with Gasteiger partial charge in [-0.15, -0.1) is 0 Å². The molecule has 1 amide bonds. The summed E-state index contributed by atoms with van der Waals surface area (Å²) < 4.78 is 27.3. The van der Waals surface area contributed by atoms with Crippen molar-refractivity contribution in [1.29, 1.82) is 0 Å². The van der Waals surface area contributed by atoms with Crippen molar-refractivity contribution < 1.29 is 13.2 Å². The Morgan fingerprint density at radius 3 is 2.68 bits per heavy atom. The predicted molar refractivity (Wildman–Crippen MR) is 105 cm³/mol. The minimum Gasteiger partial charge on any atom is -0.348 e. The highest BCUT2D eigenvalue weighted by Crippen LogP contribution is 2.22. The molecule has 3 rings (SSSR count). The average Bonchev–Trinajstić information content (AvgIpc) is 3.21. The van der Waals surface area contributed by atoms with Crippen molar-refractivity contribution in [1.82, 2.24) is 24.4 Å². The van der Waals surface area contributed by atoms with E-state index in [9.17, 15) is 13.2 Å².